The van der Waals surface area contributed by atoms with Gasteiger partial charge in [-0.2, -0.15) is 0 Å². The average Bonchev–Trinajstić information content (AvgIpc) is 2.79. The lowest BCUT2D eigenvalue weighted by Crippen LogP contribution is -2.26. The maximum atomic E-state index is 12.2. The van der Waals surface area contributed by atoms with Crippen LogP contribution in [0.2, 0.25) is 0 Å². The van der Waals surface area contributed by atoms with E-state index in [0.29, 0.717) is 18.0 Å². The highest BCUT2D eigenvalue weighted by Crippen LogP contribution is 2.19. The molecule has 0 aliphatic heterocycles. The van der Waals surface area contributed by atoms with Crippen LogP contribution < -0.4 is 4.72 Å². The molecule has 0 atom stereocenters. The predicted molar refractivity (Wildman–Crippen MR) is 82.9 cm³/mol. The van der Waals surface area contributed by atoms with Gasteiger partial charge in [-0.25, -0.2) is 13.1 Å². The highest BCUT2D eigenvalue weighted by atomic mass is 32.2. The number of hydrogen-bond acceptors (Lipinski definition) is 5. The van der Waals surface area contributed by atoms with E-state index in [1.54, 1.807) is 25.6 Å². The van der Waals surface area contributed by atoms with Crippen LogP contribution in [0.25, 0.3) is 0 Å². The number of nitrogens with one attached hydrogen (secondary N) is 1. The van der Waals surface area contributed by atoms with Gasteiger partial charge in [0.1, 0.15) is 10.6 Å². The molecule has 0 saturated carbocycles. The van der Waals surface area contributed by atoms with E-state index in [0.717, 1.165) is 12.2 Å². The fourth-order valence-electron chi connectivity index (χ4n) is 1.92. The summed E-state index contributed by atoms with van der Waals surface area (Å²) in [6.45, 7) is 3.61. The van der Waals surface area contributed by atoms with Gasteiger partial charge in [0.05, 0.1) is 0 Å². The van der Waals surface area contributed by atoms with E-state index in [4.69, 9.17) is 4.52 Å². The first-order valence-corrected chi connectivity index (χ1v) is 9.08. The lowest BCUT2D eigenvalue weighted by Gasteiger charge is -2.06. The molecule has 0 unspecified atom stereocenters. The van der Waals surface area contributed by atoms with Crippen LogP contribution in [0.5, 0.6) is 0 Å². The Morgan fingerprint density at radius 1 is 1.24 bits per heavy atom. The minimum Gasteiger partial charge on any atom is -0.360 e. The van der Waals surface area contributed by atoms with Crippen LogP contribution in [0.3, 0.4) is 0 Å². The molecule has 0 saturated heterocycles. The van der Waals surface area contributed by atoms with Crippen molar-refractivity contribution in [2.45, 2.75) is 30.1 Å². The molecule has 0 radical (unpaired) electrons. The maximum Gasteiger partial charge on any atom is 0.245 e. The molecule has 0 bridgehead atoms. The van der Waals surface area contributed by atoms with Gasteiger partial charge in [0, 0.05) is 11.4 Å². The van der Waals surface area contributed by atoms with E-state index in [9.17, 15) is 8.42 Å². The third-order valence-corrected chi connectivity index (χ3v) is 5.66. The van der Waals surface area contributed by atoms with Crippen LogP contribution in [-0.2, 0) is 10.0 Å². The lowest BCUT2D eigenvalue weighted by atomic mass is 10.4. The summed E-state index contributed by atoms with van der Waals surface area (Å²) in [4.78, 5) is 1.34. The molecule has 114 valence electrons. The van der Waals surface area contributed by atoms with Crippen molar-refractivity contribution in [1.29, 1.82) is 0 Å². The maximum absolute atomic E-state index is 12.2. The number of sulfonamides is 1. The van der Waals surface area contributed by atoms with Crippen molar-refractivity contribution >= 4 is 21.8 Å². The van der Waals surface area contributed by atoms with E-state index in [2.05, 4.69) is 9.88 Å². The third kappa shape index (κ3) is 4.33. The smallest absolute Gasteiger partial charge is 0.245 e. The zero-order valence-electron chi connectivity index (χ0n) is 12.0. The van der Waals surface area contributed by atoms with E-state index < -0.39 is 10.0 Å². The van der Waals surface area contributed by atoms with Gasteiger partial charge in [0.2, 0.25) is 10.0 Å². The summed E-state index contributed by atoms with van der Waals surface area (Å²) in [5.41, 5.74) is 0.388. The Hall–Kier alpha value is -1.31. The van der Waals surface area contributed by atoms with Crippen molar-refractivity contribution in [3.63, 3.8) is 0 Å². The van der Waals surface area contributed by atoms with Crippen molar-refractivity contribution in [2.75, 3.05) is 12.3 Å². The third-order valence-electron chi connectivity index (χ3n) is 2.86. The summed E-state index contributed by atoms with van der Waals surface area (Å²) in [6.07, 6.45) is 0.752. The quantitative estimate of drug-likeness (QED) is 0.626. The molecule has 5 nitrogen and oxygen atoms in total. The second-order valence-electron chi connectivity index (χ2n) is 4.57. The number of aromatic nitrogens is 1. The second kappa shape index (κ2) is 7.11. The first kappa shape index (κ1) is 16.1. The SMILES string of the molecule is Cc1noc(C)c1S(=O)(=O)NCCCSc1ccccc1. The minimum atomic E-state index is -3.54. The molecule has 0 fully saturated rings. The molecule has 0 aliphatic carbocycles. The zero-order valence-corrected chi connectivity index (χ0v) is 13.6. The van der Waals surface area contributed by atoms with Crippen LogP contribution in [0, 0.1) is 13.8 Å². The van der Waals surface area contributed by atoms with Crippen molar-refractivity contribution in [3.8, 4) is 0 Å². The molecule has 1 aromatic heterocycles. The van der Waals surface area contributed by atoms with Crippen LogP contribution in [0.4, 0.5) is 0 Å². The Bertz CT molecular complexity index is 662. The number of thioether (sulfide) groups is 1. The monoisotopic (exact) mass is 326 g/mol. The molecule has 1 N–H and O–H groups in total. The van der Waals surface area contributed by atoms with E-state index in [-0.39, 0.29) is 4.90 Å². The van der Waals surface area contributed by atoms with E-state index in [1.807, 2.05) is 30.3 Å². The second-order valence-corrected chi connectivity index (χ2v) is 7.44. The molecule has 7 heteroatoms. The van der Waals surface area contributed by atoms with Crippen molar-refractivity contribution in [3.05, 3.63) is 41.8 Å². The van der Waals surface area contributed by atoms with Crippen LogP contribution in [0.15, 0.2) is 44.6 Å². The first-order valence-electron chi connectivity index (χ1n) is 6.61. The van der Waals surface area contributed by atoms with Crippen molar-refractivity contribution < 1.29 is 12.9 Å². The Morgan fingerprint density at radius 3 is 2.57 bits per heavy atom. The summed E-state index contributed by atoms with van der Waals surface area (Å²) >= 11 is 1.71. The molecule has 0 aliphatic rings. The predicted octanol–water partition coefficient (Wildman–Crippen LogP) is 2.75. The number of nitrogens with zero attached hydrogens (tertiary/aromatic N) is 1. The summed E-state index contributed by atoms with van der Waals surface area (Å²) < 4.78 is 31.8. The van der Waals surface area contributed by atoms with Gasteiger partial charge in [-0.1, -0.05) is 23.4 Å². The average molecular weight is 326 g/mol. The Kier molecular flexibility index (Phi) is 5.44. The number of benzene rings is 1. The van der Waals surface area contributed by atoms with E-state index >= 15 is 0 Å². The molecular weight excluding hydrogens is 308 g/mol. The van der Waals surface area contributed by atoms with Gasteiger partial charge in [-0.3, -0.25) is 0 Å². The lowest BCUT2D eigenvalue weighted by molar-refractivity contribution is 0.390. The molecule has 0 spiro atoms. The van der Waals surface area contributed by atoms with Gasteiger partial charge >= 0.3 is 0 Å². The highest BCUT2D eigenvalue weighted by molar-refractivity contribution is 7.99. The topological polar surface area (TPSA) is 72.2 Å². The summed E-state index contributed by atoms with van der Waals surface area (Å²) in [7, 11) is -3.54. The minimum absolute atomic E-state index is 0.151. The molecule has 1 aromatic carbocycles. The molecule has 2 rings (SSSR count). The molecule has 0 amide bonds. The summed E-state index contributed by atoms with van der Waals surface area (Å²) in [5.74, 6) is 1.17. The van der Waals surface area contributed by atoms with E-state index in [1.165, 1.54) is 4.90 Å². The highest BCUT2D eigenvalue weighted by Gasteiger charge is 2.23. The number of aryl methyl sites for hydroxylation is 2. The summed E-state index contributed by atoms with van der Waals surface area (Å²) in [6, 6.07) is 10.0. The summed E-state index contributed by atoms with van der Waals surface area (Å²) in [5, 5.41) is 3.67. The van der Waals surface area contributed by atoms with Crippen LogP contribution in [-0.4, -0.2) is 25.9 Å². The van der Waals surface area contributed by atoms with Gasteiger partial charge in [-0.15, -0.1) is 11.8 Å². The Balaban J connectivity index is 1.81. The standard InChI is InChI=1S/C14H18N2O3S2/c1-11-14(12(2)19-16-11)21(17,18)15-9-6-10-20-13-7-4-3-5-8-13/h3-5,7-8,15H,6,9-10H2,1-2H3. The molecular formula is C14H18N2O3S2. The number of hydrogen-bond donors (Lipinski definition) is 1. The molecule has 2 aromatic rings. The van der Waals surface area contributed by atoms with Crippen LogP contribution >= 0.6 is 11.8 Å². The molecule has 21 heavy (non-hydrogen) atoms. The first-order chi connectivity index (χ1) is 10.0. The zero-order chi connectivity index (χ0) is 15.3. The van der Waals surface area contributed by atoms with Gasteiger partial charge in [-0.05, 0) is 38.2 Å². The van der Waals surface area contributed by atoms with Gasteiger partial charge in [0.15, 0.2) is 5.76 Å². The normalized spacial score (nSPS) is 11.7. The Morgan fingerprint density at radius 2 is 1.95 bits per heavy atom. The number of rotatable bonds is 7. The Labute approximate surface area is 129 Å². The molecule has 1 heterocycles. The van der Waals surface area contributed by atoms with Gasteiger partial charge in [0.25, 0.3) is 0 Å². The van der Waals surface area contributed by atoms with Crippen LogP contribution in [0.1, 0.15) is 17.9 Å². The van der Waals surface area contributed by atoms with Crippen molar-refractivity contribution in [2.24, 2.45) is 0 Å². The largest absolute Gasteiger partial charge is 0.360 e. The van der Waals surface area contributed by atoms with Gasteiger partial charge < -0.3 is 4.52 Å². The van der Waals surface area contributed by atoms with Crippen molar-refractivity contribution in [1.82, 2.24) is 9.88 Å². The fourth-order valence-corrected chi connectivity index (χ4v) is 4.19. The fraction of sp³-hybridized carbons (Fsp3) is 0.357.